The molecule has 0 spiro atoms. The Morgan fingerprint density at radius 2 is 2.15 bits per heavy atom. The maximum absolute atomic E-state index is 12.9. The van der Waals surface area contributed by atoms with Gasteiger partial charge in [-0.05, 0) is 31.7 Å². The van der Waals surface area contributed by atoms with Gasteiger partial charge in [0.1, 0.15) is 5.82 Å². The summed E-state index contributed by atoms with van der Waals surface area (Å²) >= 11 is 0. The number of rotatable bonds is 4. The summed E-state index contributed by atoms with van der Waals surface area (Å²) in [4.78, 5) is 17.4. The number of amides is 1. The molecule has 4 heterocycles. The molecule has 0 radical (unpaired) electrons. The smallest absolute Gasteiger partial charge is 0.259 e. The number of pyridine rings is 1. The van der Waals surface area contributed by atoms with Crippen LogP contribution in [-0.2, 0) is 19.5 Å². The summed E-state index contributed by atoms with van der Waals surface area (Å²) in [6.45, 7) is 7.14. The zero-order chi connectivity index (χ0) is 19.0. The van der Waals surface area contributed by atoms with Crippen molar-refractivity contribution in [2.45, 2.75) is 65.5 Å². The third-order valence-corrected chi connectivity index (χ3v) is 5.07. The molecule has 0 aromatic carbocycles. The summed E-state index contributed by atoms with van der Waals surface area (Å²) < 4.78 is 7.44. The molecule has 8 heteroatoms. The highest BCUT2D eigenvalue weighted by molar-refractivity contribution is 6.06. The zero-order valence-electron chi connectivity index (χ0n) is 15.9. The van der Waals surface area contributed by atoms with Gasteiger partial charge in [-0.2, -0.15) is 0 Å². The summed E-state index contributed by atoms with van der Waals surface area (Å²) in [7, 11) is 0. The highest BCUT2D eigenvalue weighted by atomic mass is 16.5. The summed E-state index contributed by atoms with van der Waals surface area (Å²) in [5, 5.41) is 16.2. The van der Waals surface area contributed by atoms with Crippen molar-refractivity contribution < 1.29 is 9.32 Å². The van der Waals surface area contributed by atoms with Crippen LogP contribution in [0, 0.1) is 6.92 Å². The first-order valence-corrected chi connectivity index (χ1v) is 9.50. The lowest BCUT2D eigenvalue weighted by molar-refractivity contribution is 0.0950. The normalized spacial score (nSPS) is 14.4. The molecule has 0 fully saturated rings. The third-order valence-electron chi connectivity index (χ3n) is 5.07. The number of aromatic nitrogens is 5. The van der Waals surface area contributed by atoms with Crippen LogP contribution in [0.15, 0.2) is 10.6 Å². The van der Waals surface area contributed by atoms with Crippen molar-refractivity contribution in [2.75, 3.05) is 0 Å². The van der Waals surface area contributed by atoms with Crippen molar-refractivity contribution in [1.82, 2.24) is 30.2 Å². The van der Waals surface area contributed by atoms with E-state index in [0.717, 1.165) is 43.1 Å². The van der Waals surface area contributed by atoms with Crippen molar-refractivity contribution in [3.63, 3.8) is 0 Å². The first-order chi connectivity index (χ1) is 13.0. The Hall–Kier alpha value is -2.77. The van der Waals surface area contributed by atoms with Crippen molar-refractivity contribution in [2.24, 2.45) is 0 Å². The Balaban J connectivity index is 1.60. The lowest BCUT2D eigenvalue weighted by Crippen LogP contribution is -2.25. The molecule has 3 aromatic rings. The molecule has 1 amide bonds. The predicted molar refractivity (Wildman–Crippen MR) is 99.4 cm³/mol. The van der Waals surface area contributed by atoms with E-state index in [4.69, 9.17) is 4.52 Å². The van der Waals surface area contributed by atoms with Gasteiger partial charge in [0.05, 0.1) is 23.2 Å². The fourth-order valence-electron chi connectivity index (χ4n) is 3.52. The quantitative estimate of drug-likeness (QED) is 0.760. The van der Waals surface area contributed by atoms with Gasteiger partial charge >= 0.3 is 0 Å². The molecule has 1 N–H and O–H groups in total. The average molecular weight is 368 g/mol. The van der Waals surface area contributed by atoms with Gasteiger partial charge in [0.15, 0.2) is 5.82 Å². The highest BCUT2D eigenvalue weighted by Gasteiger charge is 2.21. The Labute approximate surface area is 157 Å². The second-order valence-corrected chi connectivity index (χ2v) is 7.37. The second-order valence-electron chi connectivity index (χ2n) is 7.37. The lowest BCUT2D eigenvalue weighted by Gasteiger charge is -2.10. The number of fused-ring (bicyclic) bond motifs is 2. The van der Waals surface area contributed by atoms with Gasteiger partial charge in [-0.25, -0.2) is 4.98 Å². The first kappa shape index (κ1) is 17.6. The fraction of sp³-hybridized carbons (Fsp3) is 0.526. The van der Waals surface area contributed by atoms with Gasteiger partial charge in [-0.15, -0.1) is 10.2 Å². The molecule has 0 bridgehead atoms. The van der Waals surface area contributed by atoms with E-state index >= 15 is 0 Å². The van der Waals surface area contributed by atoms with Gasteiger partial charge < -0.3 is 14.4 Å². The van der Waals surface area contributed by atoms with Gasteiger partial charge in [0, 0.05) is 18.7 Å². The third kappa shape index (κ3) is 3.31. The van der Waals surface area contributed by atoms with E-state index in [2.05, 4.69) is 30.2 Å². The molecule has 27 heavy (non-hydrogen) atoms. The van der Waals surface area contributed by atoms with E-state index in [9.17, 15) is 4.79 Å². The molecule has 1 aliphatic heterocycles. The summed E-state index contributed by atoms with van der Waals surface area (Å²) in [5.74, 6) is 1.82. The van der Waals surface area contributed by atoms with Crippen LogP contribution >= 0.6 is 0 Å². The largest absolute Gasteiger partial charge is 0.345 e. The zero-order valence-corrected chi connectivity index (χ0v) is 15.9. The van der Waals surface area contributed by atoms with Crippen LogP contribution in [-0.4, -0.2) is 30.8 Å². The molecule has 0 atom stereocenters. The maximum atomic E-state index is 12.9. The molecule has 142 valence electrons. The van der Waals surface area contributed by atoms with E-state index in [1.165, 1.54) is 6.42 Å². The number of nitrogens with one attached hydrogen (secondary N) is 1. The van der Waals surface area contributed by atoms with Gasteiger partial charge in [0.2, 0.25) is 0 Å². The fourth-order valence-corrected chi connectivity index (χ4v) is 3.52. The van der Waals surface area contributed by atoms with Crippen LogP contribution in [0.1, 0.15) is 72.4 Å². The summed E-state index contributed by atoms with van der Waals surface area (Å²) in [6.07, 6.45) is 4.41. The minimum Gasteiger partial charge on any atom is -0.345 e. The van der Waals surface area contributed by atoms with Crippen LogP contribution in [0.5, 0.6) is 0 Å². The minimum atomic E-state index is -0.179. The monoisotopic (exact) mass is 368 g/mol. The predicted octanol–water partition coefficient (Wildman–Crippen LogP) is 2.90. The highest BCUT2D eigenvalue weighted by Crippen LogP contribution is 2.25. The van der Waals surface area contributed by atoms with Gasteiger partial charge in [-0.3, -0.25) is 4.79 Å². The first-order valence-electron chi connectivity index (χ1n) is 9.50. The Kier molecular flexibility index (Phi) is 4.63. The summed E-state index contributed by atoms with van der Waals surface area (Å²) in [6, 6.07) is 1.83. The minimum absolute atomic E-state index is 0.179. The average Bonchev–Trinajstić information content (AvgIpc) is 3.13. The molecule has 0 unspecified atom stereocenters. The molecule has 1 aliphatic rings. The van der Waals surface area contributed by atoms with Crippen molar-refractivity contribution in [3.8, 4) is 0 Å². The van der Waals surface area contributed by atoms with Crippen molar-refractivity contribution >= 4 is 17.0 Å². The molecule has 0 aliphatic carbocycles. The van der Waals surface area contributed by atoms with E-state index in [1.54, 1.807) is 0 Å². The topological polar surface area (TPSA) is 98.7 Å². The number of nitrogens with zero attached hydrogens (tertiary/aromatic N) is 5. The molecular formula is C19H24N6O2. The number of aryl methyl sites for hydroxylation is 2. The lowest BCUT2D eigenvalue weighted by atomic mass is 10.0. The number of hydrogen-bond donors (Lipinski definition) is 1. The molecule has 4 rings (SSSR count). The Morgan fingerprint density at radius 3 is 2.96 bits per heavy atom. The molecule has 0 saturated carbocycles. The van der Waals surface area contributed by atoms with Crippen LogP contribution < -0.4 is 5.32 Å². The van der Waals surface area contributed by atoms with E-state index in [-0.39, 0.29) is 11.8 Å². The number of carbonyl (C=O) groups is 1. The standard InChI is InChI=1S/C19H24N6O2/c1-11(2)14-9-13(17-12(3)24-27-19(17)21-14)18(26)20-10-16-23-22-15-7-5-4-6-8-25(15)16/h9,11H,4-8,10H2,1-3H3,(H,20,26). The Bertz CT molecular complexity index is 988. The van der Waals surface area contributed by atoms with Crippen molar-refractivity contribution in [1.29, 1.82) is 0 Å². The van der Waals surface area contributed by atoms with Crippen molar-refractivity contribution in [3.05, 3.63) is 34.7 Å². The van der Waals surface area contributed by atoms with E-state index < -0.39 is 0 Å². The maximum Gasteiger partial charge on any atom is 0.259 e. The van der Waals surface area contributed by atoms with Gasteiger partial charge in [0.25, 0.3) is 11.6 Å². The SMILES string of the molecule is Cc1noc2nc(C(C)C)cc(C(=O)NCc3nnc4n3CCCCC4)c12. The molecule has 3 aromatic heterocycles. The molecule has 8 nitrogen and oxygen atoms in total. The molecule has 0 saturated heterocycles. The van der Waals surface area contributed by atoms with Crippen LogP contribution in [0.25, 0.3) is 11.1 Å². The van der Waals surface area contributed by atoms with Crippen LogP contribution in [0.3, 0.4) is 0 Å². The van der Waals surface area contributed by atoms with Gasteiger partial charge in [-0.1, -0.05) is 25.4 Å². The van der Waals surface area contributed by atoms with Crippen LogP contribution in [0.2, 0.25) is 0 Å². The number of carbonyl (C=O) groups excluding carboxylic acids is 1. The molecular weight excluding hydrogens is 344 g/mol. The van der Waals surface area contributed by atoms with Crippen LogP contribution in [0.4, 0.5) is 0 Å². The number of hydrogen-bond acceptors (Lipinski definition) is 6. The van der Waals surface area contributed by atoms with E-state index in [0.29, 0.717) is 28.9 Å². The van der Waals surface area contributed by atoms with E-state index in [1.807, 2.05) is 26.8 Å². The Morgan fingerprint density at radius 1 is 1.30 bits per heavy atom. The second kappa shape index (κ2) is 7.09. The summed E-state index contributed by atoms with van der Waals surface area (Å²) in [5.41, 5.74) is 2.41.